The molecule has 2 rings (SSSR count). The van der Waals surface area contributed by atoms with Crippen molar-refractivity contribution in [2.75, 3.05) is 6.61 Å². The molecule has 0 radical (unpaired) electrons. The molecule has 2 aromatic carbocycles. The van der Waals surface area contributed by atoms with E-state index in [1.54, 1.807) is 0 Å². The summed E-state index contributed by atoms with van der Waals surface area (Å²) >= 11 is 0. The zero-order chi connectivity index (χ0) is 14.4. The molecule has 0 fully saturated rings. The number of rotatable bonds is 5. The monoisotopic (exact) mass is 265 g/mol. The highest BCUT2D eigenvalue weighted by Gasteiger charge is 2.26. The zero-order valence-electron chi connectivity index (χ0n) is 12.0. The van der Waals surface area contributed by atoms with E-state index in [1.165, 1.54) is 0 Å². The first kappa shape index (κ1) is 14.1. The van der Waals surface area contributed by atoms with Crippen LogP contribution in [-0.4, -0.2) is 6.61 Å². The molecule has 20 heavy (non-hydrogen) atoms. The van der Waals surface area contributed by atoms with Gasteiger partial charge in [0.15, 0.2) is 0 Å². The maximum Gasteiger partial charge on any atom is 0.122 e. The van der Waals surface area contributed by atoms with Gasteiger partial charge in [0.1, 0.15) is 5.75 Å². The van der Waals surface area contributed by atoms with E-state index in [9.17, 15) is 5.26 Å². The summed E-state index contributed by atoms with van der Waals surface area (Å²) in [4.78, 5) is 0. The Hall–Kier alpha value is -2.27. The first-order valence-electron chi connectivity index (χ1n) is 6.81. The second kappa shape index (κ2) is 6.25. The van der Waals surface area contributed by atoms with Gasteiger partial charge in [0.2, 0.25) is 0 Å². The summed E-state index contributed by atoms with van der Waals surface area (Å²) in [5.41, 5.74) is 1.64. The molecule has 0 spiro atoms. The fourth-order valence-electron chi connectivity index (χ4n) is 2.15. The lowest BCUT2D eigenvalue weighted by atomic mass is 9.81. The Bertz CT molecular complexity index is 600. The van der Waals surface area contributed by atoms with Crippen LogP contribution in [0.3, 0.4) is 0 Å². The van der Waals surface area contributed by atoms with Crippen LogP contribution < -0.4 is 4.74 Å². The predicted octanol–water partition coefficient (Wildman–Crippen LogP) is 4.25. The molecule has 0 bridgehead atoms. The van der Waals surface area contributed by atoms with Gasteiger partial charge in [-0.1, -0.05) is 48.5 Å². The molecule has 1 unspecified atom stereocenters. The molecule has 0 saturated heterocycles. The molecule has 0 aliphatic heterocycles. The summed E-state index contributed by atoms with van der Waals surface area (Å²) in [5.74, 6) is 0.890. The van der Waals surface area contributed by atoms with Crippen molar-refractivity contribution in [3.05, 3.63) is 65.7 Å². The van der Waals surface area contributed by atoms with Crippen LogP contribution >= 0.6 is 0 Å². The van der Waals surface area contributed by atoms with Gasteiger partial charge in [0, 0.05) is 6.42 Å². The Morgan fingerprint density at radius 3 is 2.35 bits per heavy atom. The van der Waals surface area contributed by atoms with Crippen LogP contribution in [0.1, 0.15) is 24.5 Å². The lowest BCUT2D eigenvalue weighted by Crippen LogP contribution is -2.22. The highest BCUT2D eigenvalue weighted by molar-refractivity contribution is 5.33. The quantitative estimate of drug-likeness (QED) is 0.809. The Balaban J connectivity index is 2.02. The minimum absolute atomic E-state index is 0.510. The average molecular weight is 265 g/mol. The summed E-state index contributed by atoms with van der Waals surface area (Å²) in [6.45, 7) is 4.52. The molecule has 0 amide bonds. The summed E-state index contributed by atoms with van der Waals surface area (Å²) < 4.78 is 5.80. The van der Waals surface area contributed by atoms with Crippen LogP contribution in [0.15, 0.2) is 54.6 Å². The lowest BCUT2D eigenvalue weighted by molar-refractivity contribution is 0.283. The van der Waals surface area contributed by atoms with Gasteiger partial charge in [-0.3, -0.25) is 0 Å². The van der Waals surface area contributed by atoms with Crippen molar-refractivity contribution >= 4 is 0 Å². The Morgan fingerprint density at radius 2 is 1.70 bits per heavy atom. The van der Waals surface area contributed by atoms with E-state index in [0.29, 0.717) is 13.0 Å². The third-order valence-electron chi connectivity index (χ3n) is 3.61. The molecule has 0 aliphatic carbocycles. The molecule has 0 N–H and O–H groups in total. The van der Waals surface area contributed by atoms with Crippen molar-refractivity contribution in [1.29, 1.82) is 5.26 Å². The third kappa shape index (κ3) is 3.19. The van der Waals surface area contributed by atoms with E-state index in [-0.39, 0.29) is 0 Å². The number of nitriles is 1. The second-order valence-electron chi connectivity index (χ2n) is 5.17. The fraction of sp³-hybridized carbons (Fsp3) is 0.278. The molecule has 102 valence electrons. The molecule has 2 nitrogen and oxygen atoms in total. The van der Waals surface area contributed by atoms with Crippen molar-refractivity contribution in [1.82, 2.24) is 0 Å². The number of hydrogen-bond donors (Lipinski definition) is 0. The van der Waals surface area contributed by atoms with Crippen LogP contribution in [0.4, 0.5) is 0 Å². The molecule has 0 aromatic heterocycles. The van der Waals surface area contributed by atoms with E-state index in [4.69, 9.17) is 4.74 Å². The standard InChI is InChI=1S/C18H19NO/c1-15-8-6-7-11-17(15)20-13-12-18(2,14-19)16-9-4-3-5-10-16/h3-11H,12-13H2,1-2H3. The fourth-order valence-corrected chi connectivity index (χ4v) is 2.15. The van der Waals surface area contributed by atoms with Gasteiger partial charge in [-0.05, 0) is 31.0 Å². The normalized spacial score (nSPS) is 13.2. The zero-order valence-corrected chi connectivity index (χ0v) is 12.0. The summed E-state index contributed by atoms with van der Waals surface area (Å²) in [6.07, 6.45) is 0.668. The number of hydrogen-bond acceptors (Lipinski definition) is 2. The SMILES string of the molecule is Cc1ccccc1OCCC(C)(C#N)c1ccccc1. The van der Waals surface area contributed by atoms with Crippen LogP contribution in [0.25, 0.3) is 0 Å². The minimum Gasteiger partial charge on any atom is -0.493 e. The Labute approximate surface area is 120 Å². The summed E-state index contributed by atoms with van der Waals surface area (Å²) in [7, 11) is 0. The Morgan fingerprint density at radius 1 is 1.05 bits per heavy atom. The molecule has 0 aliphatic rings. The first-order valence-corrected chi connectivity index (χ1v) is 6.81. The van der Waals surface area contributed by atoms with E-state index in [1.807, 2.05) is 68.4 Å². The average Bonchev–Trinajstić information content (AvgIpc) is 2.50. The number of para-hydroxylation sites is 1. The van der Waals surface area contributed by atoms with Crippen molar-refractivity contribution in [2.45, 2.75) is 25.7 Å². The summed E-state index contributed by atoms with van der Waals surface area (Å²) in [5, 5.41) is 9.48. The van der Waals surface area contributed by atoms with E-state index < -0.39 is 5.41 Å². The van der Waals surface area contributed by atoms with Gasteiger partial charge in [0.25, 0.3) is 0 Å². The van der Waals surface area contributed by atoms with Gasteiger partial charge in [0.05, 0.1) is 18.1 Å². The lowest BCUT2D eigenvalue weighted by Gasteiger charge is -2.22. The molecular weight excluding hydrogens is 246 g/mol. The van der Waals surface area contributed by atoms with Crippen LogP contribution in [0, 0.1) is 18.3 Å². The highest BCUT2D eigenvalue weighted by atomic mass is 16.5. The smallest absolute Gasteiger partial charge is 0.122 e. The van der Waals surface area contributed by atoms with Crippen molar-refractivity contribution in [3.63, 3.8) is 0 Å². The maximum absolute atomic E-state index is 9.48. The maximum atomic E-state index is 9.48. The van der Waals surface area contributed by atoms with E-state index in [2.05, 4.69) is 6.07 Å². The first-order chi connectivity index (χ1) is 9.65. The molecule has 0 heterocycles. The van der Waals surface area contributed by atoms with Crippen LogP contribution in [0.2, 0.25) is 0 Å². The minimum atomic E-state index is -0.510. The topological polar surface area (TPSA) is 33.0 Å². The predicted molar refractivity (Wildman–Crippen MR) is 80.7 cm³/mol. The van der Waals surface area contributed by atoms with E-state index in [0.717, 1.165) is 16.9 Å². The van der Waals surface area contributed by atoms with Gasteiger partial charge >= 0.3 is 0 Å². The second-order valence-corrected chi connectivity index (χ2v) is 5.17. The molecule has 2 aromatic rings. The van der Waals surface area contributed by atoms with Gasteiger partial charge in [-0.25, -0.2) is 0 Å². The van der Waals surface area contributed by atoms with Crippen LogP contribution in [0.5, 0.6) is 5.75 Å². The third-order valence-corrected chi connectivity index (χ3v) is 3.61. The van der Waals surface area contributed by atoms with Gasteiger partial charge in [-0.15, -0.1) is 0 Å². The molecule has 2 heteroatoms. The van der Waals surface area contributed by atoms with Crippen LogP contribution in [-0.2, 0) is 5.41 Å². The largest absolute Gasteiger partial charge is 0.493 e. The number of ether oxygens (including phenoxy) is 1. The number of benzene rings is 2. The van der Waals surface area contributed by atoms with Gasteiger partial charge in [-0.2, -0.15) is 5.26 Å². The van der Waals surface area contributed by atoms with Gasteiger partial charge < -0.3 is 4.74 Å². The van der Waals surface area contributed by atoms with Crippen molar-refractivity contribution in [2.24, 2.45) is 0 Å². The molecule has 0 saturated carbocycles. The Kier molecular flexibility index (Phi) is 4.42. The van der Waals surface area contributed by atoms with E-state index >= 15 is 0 Å². The van der Waals surface area contributed by atoms with Crippen molar-refractivity contribution in [3.8, 4) is 11.8 Å². The molecule has 1 atom stereocenters. The number of nitrogens with zero attached hydrogens (tertiary/aromatic N) is 1. The number of aryl methyl sites for hydroxylation is 1. The highest BCUT2D eigenvalue weighted by Crippen LogP contribution is 2.27. The summed E-state index contributed by atoms with van der Waals surface area (Å²) in [6, 6.07) is 20.2. The van der Waals surface area contributed by atoms with Crippen molar-refractivity contribution < 1.29 is 4.74 Å². The molecular formula is C18H19NO.